The van der Waals surface area contributed by atoms with E-state index in [2.05, 4.69) is 20.8 Å². The van der Waals surface area contributed by atoms with Gasteiger partial charge in [0, 0.05) is 10.8 Å². The van der Waals surface area contributed by atoms with Gasteiger partial charge in [0.15, 0.2) is 11.6 Å². The minimum Gasteiger partial charge on any atom is -0.391 e. The number of Topliss-reactive ketones (excluding diaryl/α,β-unsaturated/α-hetero) is 1. The van der Waals surface area contributed by atoms with E-state index in [4.69, 9.17) is 23.2 Å². The van der Waals surface area contributed by atoms with E-state index in [1.54, 1.807) is 12.2 Å². The summed E-state index contributed by atoms with van der Waals surface area (Å²) in [5, 5.41) is 11.5. The molecule has 1 N–H and O–H groups in total. The number of hydrogen-bond acceptors (Lipinski definition) is 3. The SMILES string of the molecule is CC1C[C@H]2[C@@H]3CCC4=CC(=O)C=C[C@]4(C)[C@@]3(Cl)C(O)C[C@]2(C)[C@@]1(C)C(=O)CCl. The number of carbonyl (C=O) groups is 2. The van der Waals surface area contributed by atoms with Crippen LogP contribution in [0.15, 0.2) is 23.8 Å². The molecule has 0 heterocycles. The second-order valence-electron chi connectivity index (χ2n) is 10.2. The van der Waals surface area contributed by atoms with Gasteiger partial charge in [-0.1, -0.05) is 39.3 Å². The quantitative estimate of drug-likeness (QED) is 0.654. The highest BCUT2D eigenvalue weighted by atomic mass is 35.5. The molecular formula is C23H30Cl2O3. The Morgan fingerprint density at radius 3 is 2.61 bits per heavy atom. The van der Waals surface area contributed by atoms with E-state index in [1.807, 2.05) is 13.0 Å². The summed E-state index contributed by atoms with van der Waals surface area (Å²) in [6.45, 7) is 8.42. The van der Waals surface area contributed by atoms with Crippen LogP contribution in [-0.2, 0) is 9.59 Å². The molecule has 0 amide bonds. The fourth-order valence-corrected chi connectivity index (χ4v) is 8.30. The lowest BCUT2D eigenvalue weighted by Crippen LogP contribution is -2.67. The van der Waals surface area contributed by atoms with Crippen LogP contribution in [0.5, 0.6) is 0 Å². The molecule has 4 aliphatic rings. The van der Waals surface area contributed by atoms with Crippen LogP contribution in [0.4, 0.5) is 0 Å². The van der Waals surface area contributed by atoms with Gasteiger partial charge in [-0.3, -0.25) is 9.59 Å². The minimum absolute atomic E-state index is 0.00361. The summed E-state index contributed by atoms with van der Waals surface area (Å²) in [7, 11) is 0. The zero-order chi connectivity index (χ0) is 20.7. The number of fused-ring (bicyclic) bond motifs is 5. The van der Waals surface area contributed by atoms with Crippen molar-refractivity contribution in [1.29, 1.82) is 0 Å². The fourth-order valence-electron chi connectivity index (χ4n) is 7.50. The number of hydrogen-bond donors (Lipinski definition) is 1. The average Bonchev–Trinajstić information content (AvgIpc) is 2.84. The van der Waals surface area contributed by atoms with E-state index >= 15 is 0 Å². The second-order valence-corrected chi connectivity index (χ2v) is 11.1. The predicted octanol–water partition coefficient (Wildman–Crippen LogP) is 4.69. The van der Waals surface area contributed by atoms with E-state index in [0.29, 0.717) is 6.42 Å². The Morgan fingerprint density at radius 1 is 1.29 bits per heavy atom. The van der Waals surface area contributed by atoms with Crippen molar-refractivity contribution in [3.05, 3.63) is 23.8 Å². The van der Waals surface area contributed by atoms with Crippen LogP contribution < -0.4 is 0 Å². The van der Waals surface area contributed by atoms with E-state index < -0.39 is 21.8 Å². The van der Waals surface area contributed by atoms with Gasteiger partial charge in [-0.05, 0) is 61.0 Å². The lowest BCUT2D eigenvalue weighted by Gasteiger charge is -2.64. The number of ketones is 2. The molecule has 0 aliphatic heterocycles. The van der Waals surface area contributed by atoms with E-state index in [1.165, 1.54) is 0 Å². The Kier molecular flexibility index (Phi) is 4.56. The molecule has 3 saturated carbocycles. The third kappa shape index (κ3) is 2.17. The van der Waals surface area contributed by atoms with E-state index in [9.17, 15) is 14.7 Å². The maximum atomic E-state index is 13.0. The van der Waals surface area contributed by atoms with Gasteiger partial charge in [0.2, 0.25) is 0 Å². The van der Waals surface area contributed by atoms with Crippen molar-refractivity contribution in [2.45, 2.75) is 64.4 Å². The van der Waals surface area contributed by atoms with Gasteiger partial charge in [0.1, 0.15) is 0 Å². The Morgan fingerprint density at radius 2 is 1.96 bits per heavy atom. The highest BCUT2D eigenvalue weighted by Gasteiger charge is 2.73. The monoisotopic (exact) mass is 424 g/mol. The molecule has 28 heavy (non-hydrogen) atoms. The van der Waals surface area contributed by atoms with Gasteiger partial charge in [-0.2, -0.15) is 0 Å². The first-order valence-electron chi connectivity index (χ1n) is 10.4. The Hall–Kier alpha value is -0.640. The summed E-state index contributed by atoms with van der Waals surface area (Å²) < 4.78 is 0. The average molecular weight is 425 g/mol. The first kappa shape index (κ1) is 20.6. The number of alkyl halides is 2. The molecule has 3 nitrogen and oxygen atoms in total. The molecule has 4 rings (SSSR count). The summed E-state index contributed by atoms with van der Waals surface area (Å²) in [4.78, 5) is 24.1. The maximum absolute atomic E-state index is 13.0. The first-order chi connectivity index (χ1) is 13.0. The summed E-state index contributed by atoms with van der Waals surface area (Å²) in [6.07, 6.45) is 7.48. The van der Waals surface area contributed by atoms with Crippen LogP contribution in [-0.4, -0.2) is 33.5 Å². The largest absolute Gasteiger partial charge is 0.391 e. The lowest BCUT2D eigenvalue weighted by molar-refractivity contribution is -0.149. The smallest absolute Gasteiger partial charge is 0.178 e. The van der Waals surface area contributed by atoms with Gasteiger partial charge in [0.25, 0.3) is 0 Å². The highest BCUT2D eigenvalue weighted by Crippen LogP contribution is 2.73. The molecule has 2 unspecified atom stereocenters. The molecule has 0 aromatic carbocycles. The number of aliphatic hydroxyl groups is 1. The first-order valence-corrected chi connectivity index (χ1v) is 11.3. The van der Waals surface area contributed by atoms with Crippen molar-refractivity contribution in [2.24, 2.45) is 34.0 Å². The van der Waals surface area contributed by atoms with Crippen LogP contribution in [0.2, 0.25) is 0 Å². The van der Waals surface area contributed by atoms with Crippen molar-refractivity contribution in [3.63, 3.8) is 0 Å². The van der Waals surface area contributed by atoms with Crippen molar-refractivity contribution >= 4 is 34.8 Å². The van der Waals surface area contributed by atoms with E-state index in [-0.39, 0.29) is 40.6 Å². The topological polar surface area (TPSA) is 54.4 Å². The van der Waals surface area contributed by atoms with Gasteiger partial charge in [0.05, 0.1) is 16.9 Å². The Labute approximate surface area is 177 Å². The third-order valence-electron chi connectivity index (χ3n) is 9.51. The lowest BCUT2D eigenvalue weighted by atomic mass is 9.44. The number of rotatable bonds is 2. The van der Waals surface area contributed by atoms with Crippen LogP contribution in [0.3, 0.4) is 0 Å². The van der Waals surface area contributed by atoms with Crippen LogP contribution in [0.25, 0.3) is 0 Å². The summed E-state index contributed by atoms with van der Waals surface area (Å²) >= 11 is 13.4. The van der Waals surface area contributed by atoms with E-state index in [0.717, 1.165) is 24.8 Å². The summed E-state index contributed by atoms with van der Waals surface area (Å²) in [6, 6.07) is 0. The predicted molar refractivity (Wildman–Crippen MR) is 111 cm³/mol. The third-order valence-corrected chi connectivity index (χ3v) is 10.7. The van der Waals surface area contributed by atoms with Gasteiger partial charge in [-0.25, -0.2) is 0 Å². The van der Waals surface area contributed by atoms with Gasteiger partial charge < -0.3 is 5.11 Å². The molecule has 0 bridgehead atoms. The van der Waals surface area contributed by atoms with Crippen molar-refractivity contribution in [3.8, 4) is 0 Å². The van der Waals surface area contributed by atoms with Crippen molar-refractivity contribution in [1.82, 2.24) is 0 Å². The highest BCUT2D eigenvalue weighted by molar-refractivity contribution is 6.28. The molecule has 5 heteroatoms. The molecular weight excluding hydrogens is 395 g/mol. The standard InChI is InChI=1S/C23H30Cl2O3/c1-13-9-17-16-6-5-14-10-15(26)7-8-20(14,2)23(16,25)18(27)11-21(17,3)22(13,4)19(28)12-24/h7-8,10,13,16-18,27H,5-6,9,11-12H2,1-4H3/t13?,16-,17-,18?,20-,21-,22+,23-/m0/s1. The normalized spacial score (nSPS) is 52.5. The molecule has 0 spiro atoms. The number of halogens is 2. The van der Waals surface area contributed by atoms with Gasteiger partial charge in [-0.15, -0.1) is 23.2 Å². The zero-order valence-corrected chi connectivity index (χ0v) is 18.6. The van der Waals surface area contributed by atoms with Crippen LogP contribution in [0, 0.1) is 34.0 Å². The Bertz CT molecular complexity index is 804. The Balaban J connectivity index is 1.84. The van der Waals surface area contributed by atoms with Crippen molar-refractivity contribution < 1.29 is 14.7 Å². The summed E-state index contributed by atoms with van der Waals surface area (Å²) in [5.74, 6) is 0.585. The maximum Gasteiger partial charge on any atom is 0.178 e. The molecule has 8 atom stereocenters. The molecule has 0 radical (unpaired) electrons. The fraction of sp³-hybridized carbons (Fsp3) is 0.739. The summed E-state index contributed by atoms with van der Waals surface area (Å²) in [5.41, 5.74) is -0.426. The van der Waals surface area contributed by atoms with Crippen LogP contribution >= 0.6 is 23.2 Å². The minimum atomic E-state index is -0.868. The molecule has 0 aromatic heterocycles. The second kappa shape index (κ2) is 6.18. The van der Waals surface area contributed by atoms with Gasteiger partial charge >= 0.3 is 0 Å². The number of allylic oxidation sites excluding steroid dienone is 4. The molecule has 0 aromatic rings. The number of carbonyl (C=O) groups excluding carboxylic acids is 2. The molecule has 0 saturated heterocycles. The molecule has 3 fully saturated rings. The molecule has 154 valence electrons. The number of aliphatic hydroxyl groups excluding tert-OH is 1. The van der Waals surface area contributed by atoms with Crippen molar-refractivity contribution in [2.75, 3.05) is 5.88 Å². The van der Waals surface area contributed by atoms with Crippen LogP contribution in [0.1, 0.15) is 53.4 Å². The zero-order valence-electron chi connectivity index (χ0n) is 17.1. The molecule has 4 aliphatic carbocycles.